The van der Waals surface area contributed by atoms with E-state index in [0.717, 1.165) is 17.7 Å². The summed E-state index contributed by atoms with van der Waals surface area (Å²) in [7, 11) is 0. The lowest BCUT2D eigenvalue weighted by atomic mass is 9.98. The van der Waals surface area contributed by atoms with E-state index in [4.69, 9.17) is 5.11 Å². The molecule has 2 aromatic carbocycles. The van der Waals surface area contributed by atoms with E-state index in [1.165, 1.54) is 17.0 Å². The average Bonchev–Trinajstić information content (AvgIpc) is 2.57. The lowest BCUT2D eigenvalue weighted by Crippen LogP contribution is -2.36. The quantitative estimate of drug-likeness (QED) is 0.676. The molecule has 0 aromatic heterocycles. The molecule has 24 heavy (non-hydrogen) atoms. The van der Waals surface area contributed by atoms with Crippen LogP contribution in [0, 0.1) is 21.7 Å². The van der Waals surface area contributed by atoms with E-state index in [1.807, 2.05) is 0 Å². The Morgan fingerprint density at radius 3 is 2.46 bits per heavy atom. The van der Waals surface area contributed by atoms with E-state index < -0.39 is 28.2 Å². The number of non-ortho nitro benzene ring substituents is 1. The fourth-order valence-electron chi connectivity index (χ4n) is 2.70. The van der Waals surface area contributed by atoms with Gasteiger partial charge in [-0.2, -0.15) is 0 Å². The Morgan fingerprint density at radius 2 is 1.83 bits per heavy atom. The van der Waals surface area contributed by atoms with E-state index in [9.17, 15) is 23.7 Å². The zero-order valence-corrected chi connectivity index (χ0v) is 12.3. The van der Waals surface area contributed by atoms with Crippen molar-refractivity contribution in [3.63, 3.8) is 0 Å². The van der Waals surface area contributed by atoms with Crippen molar-refractivity contribution in [2.75, 3.05) is 6.54 Å². The van der Waals surface area contributed by atoms with Crippen LogP contribution in [0.1, 0.15) is 21.5 Å². The number of aromatic hydroxyl groups is 1. The highest BCUT2D eigenvalue weighted by Crippen LogP contribution is 2.26. The topological polar surface area (TPSA) is 83.7 Å². The molecule has 1 amide bonds. The molecule has 0 saturated carbocycles. The summed E-state index contributed by atoms with van der Waals surface area (Å²) in [5.41, 5.74) is 1.22. The minimum Gasteiger partial charge on any atom is -0.503 e. The molecule has 0 spiro atoms. The number of hydrogen-bond acceptors (Lipinski definition) is 4. The molecule has 1 aliphatic rings. The molecule has 0 unspecified atom stereocenters. The standard InChI is InChI=1S/C16H12F2N2O4/c17-13-6-10(7-14(18)15(13)21)16(22)19-4-3-9-1-2-12(20(23)24)5-11(9)8-19/h1-2,5-7,21H,3-4,8H2. The van der Waals surface area contributed by atoms with Gasteiger partial charge in [0.1, 0.15) is 0 Å². The van der Waals surface area contributed by atoms with E-state index in [2.05, 4.69) is 0 Å². The van der Waals surface area contributed by atoms with Crippen LogP contribution in [0.4, 0.5) is 14.5 Å². The van der Waals surface area contributed by atoms with Gasteiger partial charge in [0.05, 0.1) is 4.92 Å². The number of phenolic OH excluding ortho intramolecular Hbond substituents is 1. The normalized spacial score (nSPS) is 13.5. The first-order chi connectivity index (χ1) is 11.4. The number of benzene rings is 2. The number of rotatable bonds is 2. The molecular formula is C16H12F2N2O4. The number of fused-ring (bicyclic) bond motifs is 1. The Labute approximate surface area is 135 Å². The van der Waals surface area contributed by atoms with Crippen LogP contribution < -0.4 is 0 Å². The number of hydrogen-bond donors (Lipinski definition) is 1. The molecule has 0 fully saturated rings. The third kappa shape index (κ3) is 2.78. The predicted octanol–water partition coefficient (Wildman–Crippen LogP) is 2.78. The van der Waals surface area contributed by atoms with E-state index >= 15 is 0 Å². The molecule has 2 aromatic rings. The zero-order valence-electron chi connectivity index (χ0n) is 12.3. The van der Waals surface area contributed by atoms with Gasteiger partial charge in [0, 0.05) is 30.8 Å². The van der Waals surface area contributed by atoms with E-state index in [1.54, 1.807) is 6.07 Å². The van der Waals surface area contributed by atoms with Crippen LogP contribution in [-0.4, -0.2) is 27.4 Å². The fraction of sp³-hybridized carbons (Fsp3) is 0.188. The summed E-state index contributed by atoms with van der Waals surface area (Å²) in [4.78, 5) is 24.1. The molecule has 3 rings (SSSR count). The predicted molar refractivity (Wildman–Crippen MR) is 79.6 cm³/mol. The van der Waals surface area contributed by atoms with Crippen LogP contribution in [-0.2, 0) is 13.0 Å². The van der Waals surface area contributed by atoms with Gasteiger partial charge in [-0.15, -0.1) is 0 Å². The molecule has 0 bridgehead atoms. The Bertz CT molecular complexity index is 831. The second-order valence-electron chi connectivity index (χ2n) is 5.48. The number of carbonyl (C=O) groups excluding carboxylic acids is 1. The van der Waals surface area contributed by atoms with Crippen molar-refractivity contribution >= 4 is 11.6 Å². The first kappa shape index (κ1) is 15.9. The maximum absolute atomic E-state index is 13.4. The molecule has 0 saturated heterocycles. The molecule has 1 heterocycles. The van der Waals surface area contributed by atoms with Crippen LogP contribution in [0.3, 0.4) is 0 Å². The van der Waals surface area contributed by atoms with Gasteiger partial charge in [0.2, 0.25) is 0 Å². The van der Waals surface area contributed by atoms with Crippen molar-refractivity contribution in [3.05, 3.63) is 68.8 Å². The maximum Gasteiger partial charge on any atom is 0.269 e. The Hall–Kier alpha value is -3.03. The van der Waals surface area contributed by atoms with Crippen LogP contribution in [0.15, 0.2) is 30.3 Å². The molecular weight excluding hydrogens is 322 g/mol. The minimum absolute atomic E-state index is 0.0789. The number of nitrogens with zero attached hydrogens (tertiary/aromatic N) is 2. The fourth-order valence-corrected chi connectivity index (χ4v) is 2.70. The zero-order chi connectivity index (χ0) is 17.4. The molecule has 0 radical (unpaired) electrons. The smallest absolute Gasteiger partial charge is 0.269 e. The molecule has 0 atom stereocenters. The lowest BCUT2D eigenvalue weighted by molar-refractivity contribution is -0.385. The lowest BCUT2D eigenvalue weighted by Gasteiger charge is -2.28. The van der Waals surface area contributed by atoms with Crippen molar-refractivity contribution in [1.82, 2.24) is 4.90 Å². The maximum atomic E-state index is 13.4. The van der Waals surface area contributed by atoms with Crippen molar-refractivity contribution in [1.29, 1.82) is 0 Å². The number of carbonyl (C=O) groups is 1. The summed E-state index contributed by atoms with van der Waals surface area (Å²) >= 11 is 0. The number of amides is 1. The van der Waals surface area contributed by atoms with Crippen molar-refractivity contribution in [2.24, 2.45) is 0 Å². The SMILES string of the molecule is O=C(c1cc(F)c(O)c(F)c1)N1CCc2ccc([N+](=O)[O-])cc2C1. The third-order valence-corrected chi connectivity index (χ3v) is 3.96. The van der Waals surface area contributed by atoms with Gasteiger partial charge in [0.25, 0.3) is 11.6 Å². The molecule has 6 nitrogen and oxygen atoms in total. The Balaban J connectivity index is 1.88. The summed E-state index contributed by atoms with van der Waals surface area (Å²) in [6.07, 6.45) is 0.488. The van der Waals surface area contributed by atoms with Crippen LogP contribution >= 0.6 is 0 Å². The largest absolute Gasteiger partial charge is 0.503 e. The summed E-state index contributed by atoms with van der Waals surface area (Å²) in [5.74, 6) is -4.17. The van der Waals surface area contributed by atoms with Crippen molar-refractivity contribution < 1.29 is 23.6 Å². The van der Waals surface area contributed by atoms with Gasteiger partial charge >= 0.3 is 0 Å². The van der Waals surface area contributed by atoms with Gasteiger partial charge in [0.15, 0.2) is 17.4 Å². The summed E-state index contributed by atoms with van der Waals surface area (Å²) in [6, 6.07) is 5.98. The minimum atomic E-state index is -1.22. The Morgan fingerprint density at radius 1 is 1.17 bits per heavy atom. The van der Waals surface area contributed by atoms with E-state index in [0.29, 0.717) is 18.5 Å². The van der Waals surface area contributed by atoms with Gasteiger partial charge in [-0.05, 0) is 29.7 Å². The highest BCUT2D eigenvalue weighted by atomic mass is 19.1. The van der Waals surface area contributed by atoms with Gasteiger partial charge in [-0.1, -0.05) is 6.07 Å². The van der Waals surface area contributed by atoms with Crippen LogP contribution in [0.25, 0.3) is 0 Å². The van der Waals surface area contributed by atoms with Gasteiger partial charge in [-0.25, -0.2) is 8.78 Å². The molecule has 8 heteroatoms. The number of halogens is 2. The summed E-state index contributed by atoms with van der Waals surface area (Å²) < 4.78 is 26.8. The van der Waals surface area contributed by atoms with Crippen molar-refractivity contribution in [3.8, 4) is 5.75 Å². The summed E-state index contributed by atoms with van der Waals surface area (Å²) in [5, 5.41) is 19.9. The monoisotopic (exact) mass is 334 g/mol. The molecule has 1 N–H and O–H groups in total. The highest BCUT2D eigenvalue weighted by molar-refractivity contribution is 5.94. The van der Waals surface area contributed by atoms with Crippen LogP contribution in [0.5, 0.6) is 5.75 Å². The number of phenols is 1. The first-order valence-electron chi connectivity index (χ1n) is 7.10. The Kier molecular flexibility index (Phi) is 3.88. The second-order valence-corrected chi connectivity index (χ2v) is 5.48. The second kappa shape index (κ2) is 5.88. The highest BCUT2D eigenvalue weighted by Gasteiger charge is 2.25. The molecule has 0 aliphatic carbocycles. The van der Waals surface area contributed by atoms with E-state index in [-0.39, 0.29) is 17.8 Å². The van der Waals surface area contributed by atoms with Crippen LogP contribution in [0.2, 0.25) is 0 Å². The third-order valence-electron chi connectivity index (χ3n) is 3.96. The first-order valence-corrected chi connectivity index (χ1v) is 7.10. The number of nitro benzene ring substituents is 1. The number of nitro groups is 1. The van der Waals surface area contributed by atoms with Gasteiger partial charge < -0.3 is 10.0 Å². The molecule has 1 aliphatic heterocycles. The van der Waals surface area contributed by atoms with Crippen molar-refractivity contribution in [2.45, 2.75) is 13.0 Å². The van der Waals surface area contributed by atoms with Gasteiger partial charge in [-0.3, -0.25) is 14.9 Å². The average molecular weight is 334 g/mol. The summed E-state index contributed by atoms with van der Waals surface area (Å²) in [6.45, 7) is 0.438. The molecule has 124 valence electrons.